The van der Waals surface area contributed by atoms with Crippen molar-refractivity contribution in [3.8, 4) is 0 Å². The Hall–Kier alpha value is -1.44. The molecule has 0 aliphatic heterocycles. The minimum absolute atomic E-state index is 0.295. The van der Waals surface area contributed by atoms with Crippen molar-refractivity contribution < 1.29 is 9.53 Å². The van der Waals surface area contributed by atoms with E-state index in [0.717, 1.165) is 31.2 Å². The smallest absolute Gasteiger partial charge is 0.235 e. The van der Waals surface area contributed by atoms with Gasteiger partial charge < -0.3 is 4.74 Å². The molecule has 2 rings (SSSR count). The van der Waals surface area contributed by atoms with Gasteiger partial charge in [0.05, 0.1) is 18.8 Å². The predicted octanol–water partition coefficient (Wildman–Crippen LogP) is 2.85. The number of ether oxygens (including phenoxy) is 1. The zero-order chi connectivity index (χ0) is 12.0. The van der Waals surface area contributed by atoms with Crippen molar-refractivity contribution >= 4 is 6.08 Å². The Kier molecular flexibility index (Phi) is 4.08. The number of hydrogen-bond donors (Lipinski definition) is 0. The van der Waals surface area contributed by atoms with Crippen LogP contribution in [0.15, 0.2) is 35.3 Å². The standard InChI is InChI=1S/C14H17NO2/c16-12-15-14(8-4-5-9-14)11-17-10-13-6-2-1-3-7-13/h1-3,6-7H,4-5,8-11H2. The summed E-state index contributed by atoms with van der Waals surface area (Å²) in [6.07, 6.45) is 5.83. The van der Waals surface area contributed by atoms with Crippen LogP contribution in [0.25, 0.3) is 0 Å². The maximum absolute atomic E-state index is 10.5. The predicted molar refractivity (Wildman–Crippen MR) is 65.4 cm³/mol. The van der Waals surface area contributed by atoms with E-state index in [1.165, 1.54) is 0 Å². The fraction of sp³-hybridized carbons (Fsp3) is 0.500. The summed E-state index contributed by atoms with van der Waals surface area (Å²) in [5.74, 6) is 0. The van der Waals surface area contributed by atoms with Crippen LogP contribution in [0.3, 0.4) is 0 Å². The maximum Gasteiger partial charge on any atom is 0.235 e. The van der Waals surface area contributed by atoms with E-state index in [2.05, 4.69) is 4.99 Å². The summed E-state index contributed by atoms with van der Waals surface area (Å²) in [5.41, 5.74) is 0.854. The molecule has 0 aromatic heterocycles. The van der Waals surface area contributed by atoms with Crippen LogP contribution in [0.2, 0.25) is 0 Å². The highest BCUT2D eigenvalue weighted by Gasteiger charge is 2.33. The molecule has 1 aliphatic rings. The van der Waals surface area contributed by atoms with Crippen molar-refractivity contribution in [2.24, 2.45) is 4.99 Å². The second-order valence-corrected chi connectivity index (χ2v) is 4.61. The Bertz CT molecular complexity index is 390. The summed E-state index contributed by atoms with van der Waals surface area (Å²) in [5, 5.41) is 0. The molecular formula is C14H17NO2. The quantitative estimate of drug-likeness (QED) is 0.577. The average Bonchev–Trinajstić information content (AvgIpc) is 2.80. The fourth-order valence-electron chi connectivity index (χ4n) is 2.35. The third-order valence-corrected chi connectivity index (χ3v) is 3.30. The van der Waals surface area contributed by atoms with E-state index < -0.39 is 0 Å². The molecule has 0 amide bonds. The Morgan fingerprint density at radius 2 is 1.94 bits per heavy atom. The lowest BCUT2D eigenvalue weighted by Gasteiger charge is -2.21. The van der Waals surface area contributed by atoms with Gasteiger partial charge in [0.2, 0.25) is 6.08 Å². The molecule has 3 nitrogen and oxygen atoms in total. The van der Waals surface area contributed by atoms with Crippen LogP contribution in [0.4, 0.5) is 0 Å². The van der Waals surface area contributed by atoms with Crippen molar-refractivity contribution in [2.45, 2.75) is 37.8 Å². The second kappa shape index (κ2) is 5.76. The number of hydrogen-bond acceptors (Lipinski definition) is 3. The van der Waals surface area contributed by atoms with Crippen molar-refractivity contribution in [1.29, 1.82) is 0 Å². The van der Waals surface area contributed by atoms with E-state index in [-0.39, 0.29) is 5.54 Å². The first-order valence-electron chi connectivity index (χ1n) is 6.05. The second-order valence-electron chi connectivity index (χ2n) is 4.61. The van der Waals surface area contributed by atoms with Crippen molar-refractivity contribution in [2.75, 3.05) is 6.61 Å². The SMILES string of the molecule is O=C=NC1(COCc2ccccc2)CCCC1. The Morgan fingerprint density at radius 1 is 1.24 bits per heavy atom. The van der Waals surface area contributed by atoms with Crippen LogP contribution >= 0.6 is 0 Å². The molecule has 1 aliphatic carbocycles. The number of benzene rings is 1. The number of carbonyl (C=O) groups excluding carboxylic acids is 1. The molecule has 0 radical (unpaired) electrons. The highest BCUT2D eigenvalue weighted by atomic mass is 16.5. The van der Waals surface area contributed by atoms with E-state index in [0.29, 0.717) is 13.2 Å². The highest BCUT2D eigenvalue weighted by Crippen LogP contribution is 2.33. The van der Waals surface area contributed by atoms with Gasteiger partial charge in [0.25, 0.3) is 0 Å². The lowest BCUT2D eigenvalue weighted by Crippen LogP contribution is -2.28. The molecule has 0 heterocycles. The van der Waals surface area contributed by atoms with E-state index in [9.17, 15) is 4.79 Å². The van der Waals surface area contributed by atoms with E-state index >= 15 is 0 Å². The molecule has 0 atom stereocenters. The highest BCUT2D eigenvalue weighted by molar-refractivity contribution is 5.35. The zero-order valence-corrected chi connectivity index (χ0v) is 9.89. The van der Waals surface area contributed by atoms with E-state index in [4.69, 9.17) is 4.74 Å². The molecule has 90 valence electrons. The summed E-state index contributed by atoms with van der Waals surface area (Å²) >= 11 is 0. The van der Waals surface area contributed by atoms with Gasteiger partial charge in [-0.25, -0.2) is 4.79 Å². The van der Waals surface area contributed by atoms with Crippen LogP contribution < -0.4 is 0 Å². The topological polar surface area (TPSA) is 38.7 Å². The molecule has 0 unspecified atom stereocenters. The first kappa shape index (κ1) is 12.0. The number of rotatable bonds is 5. The van der Waals surface area contributed by atoms with Gasteiger partial charge in [-0.05, 0) is 18.4 Å². The summed E-state index contributed by atoms with van der Waals surface area (Å²) in [4.78, 5) is 14.4. The molecule has 0 bridgehead atoms. The van der Waals surface area contributed by atoms with Crippen molar-refractivity contribution in [3.63, 3.8) is 0 Å². The zero-order valence-electron chi connectivity index (χ0n) is 9.89. The van der Waals surface area contributed by atoms with Crippen LogP contribution in [0.1, 0.15) is 31.2 Å². The summed E-state index contributed by atoms with van der Waals surface area (Å²) in [6, 6.07) is 10.0. The molecule has 1 aromatic carbocycles. The largest absolute Gasteiger partial charge is 0.374 e. The van der Waals surface area contributed by atoms with Gasteiger partial charge in [-0.2, -0.15) is 4.99 Å². The average molecular weight is 231 g/mol. The Labute approximate surface area is 102 Å². The molecule has 0 saturated heterocycles. The molecule has 17 heavy (non-hydrogen) atoms. The number of aliphatic imine (C=N–C) groups is 1. The monoisotopic (exact) mass is 231 g/mol. The third kappa shape index (κ3) is 3.26. The van der Waals surface area contributed by atoms with Crippen molar-refractivity contribution in [3.05, 3.63) is 35.9 Å². The lowest BCUT2D eigenvalue weighted by molar-refractivity contribution is 0.0759. The minimum atomic E-state index is -0.295. The molecule has 0 N–H and O–H groups in total. The number of nitrogens with zero attached hydrogens (tertiary/aromatic N) is 1. The minimum Gasteiger partial charge on any atom is -0.374 e. The van der Waals surface area contributed by atoms with E-state index in [1.807, 2.05) is 30.3 Å². The molecule has 1 saturated carbocycles. The molecular weight excluding hydrogens is 214 g/mol. The normalized spacial score (nSPS) is 17.6. The van der Waals surface area contributed by atoms with Gasteiger partial charge in [-0.15, -0.1) is 0 Å². The first-order chi connectivity index (χ1) is 8.35. The maximum atomic E-state index is 10.5. The summed E-state index contributed by atoms with van der Waals surface area (Å²) < 4.78 is 5.69. The molecule has 1 aromatic rings. The fourth-order valence-corrected chi connectivity index (χ4v) is 2.35. The van der Waals surface area contributed by atoms with Gasteiger partial charge in [-0.1, -0.05) is 43.2 Å². The van der Waals surface area contributed by atoms with Crippen LogP contribution in [0.5, 0.6) is 0 Å². The lowest BCUT2D eigenvalue weighted by atomic mass is 10.0. The van der Waals surface area contributed by atoms with Gasteiger partial charge in [0, 0.05) is 0 Å². The Morgan fingerprint density at radius 3 is 2.59 bits per heavy atom. The van der Waals surface area contributed by atoms with Crippen LogP contribution in [-0.4, -0.2) is 18.2 Å². The van der Waals surface area contributed by atoms with Crippen LogP contribution in [0, 0.1) is 0 Å². The molecule has 1 fully saturated rings. The van der Waals surface area contributed by atoms with Gasteiger partial charge in [0.1, 0.15) is 0 Å². The van der Waals surface area contributed by atoms with Gasteiger partial charge in [0.15, 0.2) is 0 Å². The molecule has 3 heteroatoms. The molecule has 0 spiro atoms. The number of isocyanates is 1. The van der Waals surface area contributed by atoms with Crippen molar-refractivity contribution in [1.82, 2.24) is 0 Å². The summed E-state index contributed by atoms with van der Waals surface area (Å²) in [6.45, 7) is 1.11. The van der Waals surface area contributed by atoms with E-state index in [1.54, 1.807) is 6.08 Å². The summed E-state index contributed by atoms with van der Waals surface area (Å²) in [7, 11) is 0. The van der Waals surface area contributed by atoms with Gasteiger partial charge >= 0.3 is 0 Å². The van der Waals surface area contributed by atoms with Gasteiger partial charge in [-0.3, -0.25) is 0 Å². The third-order valence-electron chi connectivity index (χ3n) is 3.30. The Balaban J connectivity index is 1.86. The first-order valence-corrected chi connectivity index (χ1v) is 6.05. The van der Waals surface area contributed by atoms with Crippen LogP contribution in [-0.2, 0) is 16.1 Å².